The van der Waals surface area contributed by atoms with Gasteiger partial charge in [0.25, 0.3) is 0 Å². The average molecular weight is 338 g/mol. The summed E-state index contributed by atoms with van der Waals surface area (Å²) in [6.07, 6.45) is 2.43. The second-order valence-corrected chi connectivity index (χ2v) is 6.60. The summed E-state index contributed by atoms with van der Waals surface area (Å²) in [5.41, 5.74) is 0.824. The standard InChI is InChI=1S/C14H16ClN5OS/c15-11-5-3-10(4-6-11)13-18-19-14(20(13)16)22-8-12(21)17-7-9-1-2-9/h3-6,9H,1-2,7-8,16H2,(H,17,21). The van der Waals surface area contributed by atoms with Gasteiger partial charge < -0.3 is 11.2 Å². The Bertz CT molecular complexity index is 668. The first-order valence-electron chi connectivity index (χ1n) is 6.99. The summed E-state index contributed by atoms with van der Waals surface area (Å²) in [5, 5.41) is 12.2. The van der Waals surface area contributed by atoms with E-state index in [9.17, 15) is 4.79 Å². The number of carbonyl (C=O) groups is 1. The molecule has 3 rings (SSSR count). The molecule has 6 nitrogen and oxygen atoms in total. The highest BCUT2D eigenvalue weighted by atomic mass is 35.5. The lowest BCUT2D eigenvalue weighted by atomic mass is 10.2. The maximum absolute atomic E-state index is 11.7. The van der Waals surface area contributed by atoms with Crippen molar-refractivity contribution in [2.75, 3.05) is 18.1 Å². The highest BCUT2D eigenvalue weighted by Crippen LogP contribution is 2.27. The molecule has 1 heterocycles. The molecule has 0 unspecified atom stereocenters. The largest absolute Gasteiger partial charge is 0.355 e. The van der Waals surface area contributed by atoms with Crippen molar-refractivity contribution in [1.29, 1.82) is 0 Å². The number of nitrogens with one attached hydrogen (secondary N) is 1. The molecule has 0 saturated heterocycles. The first-order chi connectivity index (χ1) is 10.6. The van der Waals surface area contributed by atoms with Gasteiger partial charge in [0.15, 0.2) is 5.82 Å². The summed E-state index contributed by atoms with van der Waals surface area (Å²) >= 11 is 7.13. The van der Waals surface area contributed by atoms with Crippen LogP contribution in [0, 0.1) is 5.92 Å². The molecule has 116 valence electrons. The highest BCUT2D eigenvalue weighted by molar-refractivity contribution is 7.99. The van der Waals surface area contributed by atoms with E-state index in [0.29, 0.717) is 21.9 Å². The first-order valence-corrected chi connectivity index (χ1v) is 8.36. The van der Waals surface area contributed by atoms with Crippen molar-refractivity contribution < 1.29 is 4.79 Å². The molecule has 8 heteroatoms. The van der Waals surface area contributed by atoms with Gasteiger partial charge in [-0.15, -0.1) is 10.2 Å². The number of thioether (sulfide) groups is 1. The first kappa shape index (κ1) is 15.2. The van der Waals surface area contributed by atoms with Crippen molar-refractivity contribution >= 4 is 29.3 Å². The molecule has 1 aromatic heterocycles. The summed E-state index contributed by atoms with van der Waals surface area (Å²) in [7, 11) is 0. The predicted molar refractivity (Wildman–Crippen MR) is 87.1 cm³/mol. The van der Waals surface area contributed by atoms with E-state index in [2.05, 4.69) is 15.5 Å². The summed E-state index contributed by atoms with van der Waals surface area (Å²) in [5.74, 6) is 7.48. The SMILES string of the molecule is Nn1c(SCC(=O)NCC2CC2)nnc1-c1ccc(Cl)cc1. The lowest BCUT2D eigenvalue weighted by molar-refractivity contribution is -0.118. The van der Waals surface area contributed by atoms with Crippen LogP contribution in [0.4, 0.5) is 0 Å². The van der Waals surface area contributed by atoms with E-state index < -0.39 is 0 Å². The van der Waals surface area contributed by atoms with Gasteiger partial charge in [0.1, 0.15) is 0 Å². The normalized spacial score (nSPS) is 14.0. The van der Waals surface area contributed by atoms with Gasteiger partial charge in [0.05, 0.1) is 5.75 Å². The van der Waals surface area contributed by atoms with E-state index in [1.54, 1.807) is 12.1 Å². The van der Waals surface area contributed by atoms with Gasteiger partial charge in [-0.05, 0) is 43.0 Å². The number of nitrogens with zero attached hydrogens (tertiary/aromatic N) is 3. The maximum Gasteiger partial charge on any atom is 0.230 e. The van der Waals surface area contributed by atoms with Crippen molar-refractivity contribution in [3.05, 3.63) is 29.3 Å². The highest BCUT2D eigenvalue weighted by Gasteiger charge is 2.21. The molecule has 22 heavy (non-hydrogen) atoms. The van der Waals surface area contributed by atoms with E-state index in [1.165, 1.54) is 29.3 Å². The van der Waals surface area contributed by atoms with Gasteiger partial charge in [-0.2, -0.15) is 0 Å². The molecule has 1 amide bonds. The molecule has 0 aliphatic heterocycles. The summed E-state index contributed by atoms with van der Waals surface area (Å²) in [6, 6.07) is 7.19. The lowest BCUT2D eigenvalue weighted by Gasteiger charge is -2.05. The van der Waals surface area contributed by atoms with Crippen LogP contribution >= 0.6 is 23.4 Å². The van der Waals surface area contributed by atoms with Gasteiger partial charge in [0, 0.05) is 17.1 Å². The molecule has 3 N–H and O–H groups in total. The number of benzene rings is 1. The van der Waals surface area contributed by atoms with E-state index >= 15 is 0 Å². The Kier molecular flexibility index (Phi) is 4.54. The fraction of sp³-hybridized carbons (Fsp3) is 0.357. The summed E-state index contributed by atoms with van der Waals surface area (Å²) < 4.78 is 1.39. The van der Waals surface area contributed by atoms with Crippen molar-refractivity contribution in [3.63, 3.8) is 0 Å². The number of halogens is 1. The Morgan fingerprint density at radius 3 is 2.77 bits per heavy atom. The number of rotatable bonds is 6. The third-order valence-corrected chi connectivity index (χ3v) is 4.58. The topological polar surface area (TPSA) is 85.8 Å². The van der Waals surface area contributed by atoms with Crippen LogP contribution in [0.5, 0.6) is 0 Å². The predicted octanol–water partition coefficient (Wildman–Crippen LogP) is 1.93. The third-order valence-electron chi connectivity index (χ3n) is 3.38. The summed E-state index contributed by atoms with van der Waals surface area (Å²) in [6.45, 7) is 0.769. The van der Waals surface area contributed by atoms with Crippen LogP contribution in [0.15, 0.2) is 29.4 Å². The van der Waals surface area contributed by atoms with Gasteiger partial charge in [-0.25, -0.2) is 4.68 Å². The molecular weight excluding hydrogens is 322 g/mol. The maximum atomic E-state index is 11.7. The second-order valence-electron chi connectivity index (χ2n) is 5.22. The van der Waals surface area contributed by atoms with Crippen molar-refractivity contribution in [1.82, 2.24) is 20.2 Å². The molecule has 1 aliphatic carbocycles. The molecule has 2 aromatic rings. The van der Waals surface area contributed by atoms with Crippen LogP contribution in [0.25, 0.3) is 11.4 Å². The van der Waals surface area contributed by atoms with E-state index in [-0.39, 0.29) is 11.7 Å². The molecule has 1 saturated carbocycles. The molecular formula is C14H16ClN5OS. The lowest BCUT2D eigenvalue weighted by Crippen LogP contribution is -2.27. The number of hydrogen-bond donors (Lipinski definition) is 2. The van der Waals surface area contributed by atoms with Crippen LogP contribution in [0.2, 0.25) is 5.02 Å². The van der Waals surface area contributed by atoms with Crippen molar-refractivity contribution in [2.24, 2.45) is 5.92 Å². The molecule has 0 bridgehead atoms. The zero-order valence-corrected chi connectivity index (χ0v) is 13.4. The van der Waals surface area contributed by atoms with Gasteiger partial charge in [-0.3, -0.25) is 4.79 Å². The Morgan fingerprint density at radius 2 is 2.09 bits per heavy atom. The number of aromatic nitrogens is 3. The number of carbonyl (C=O) groups excluding carboxylic acids is 1. The second kappa shape index (κ2) is 6.58. The average Bonchev–Trinajstić information content (AvgIpc) is 3.27. The summed E-state index contributed by atoms with van der Waals surface area (Å²) in [4.78, 5) is 11.7. The monoisotopic (exact) mass is 337 g/mol. The Labute approximate surface area is 137 Å². The van der Waals surface area contributed by atoms with Gasteiger partial charge in [0.2, 0.25) is 11.1 Å². The van der Waals surface area contributed by atoms with Crippen molar-refractivity contribution in [2.45, 2.75) is 18.0 Å². The number of amides is 1. The van der Waals surface area contributed by atoms with E-state index in [1.807, 2.05) is 12.1 Å². The quantitative estimate of drug-likeness (QED) is 0.621. The smallest absolute Gasteiger partial charge is 0.230 e. The zero-order valence-electron chi connectivity index (χ0n) is 11.8. The molecule has 0 atom stereocenters. The minimum atomic E-state index is -0.00653. The minimum Gasteiger partial charge on any atom is -0.355 e. The zero-order chi connectivity index (χ0) is 15.5. The number of nitrogen functional groups attached to an aromatic ring is 1. The van der Waals surface area contributed by atoms with E-state index in [4.69, 9.17) is 17.4 Å². The minimum absolute atomic E-state index is 0.00653. The van der Waals surface area contributed by atoms with E-state index in [0.717, 1.165) is 12.1 Å². The molecule has 0 spiro atoms. The van der Waals surface area contributed by atoms with Crippen LogP contribution in [-0.4, -0.2) is 33.1 Å². The molecule has 1 aromatic carbocycles. The van der Waals surface area contributed by atoms with Crippen LogP contribution in [0.3, 0.4) is 0 Å². The molecule has 1 aliphatic rings. The van der Waals surface area contributed by atoms with Crippen molar-refractivity contribution in [3.8, 4) is 11.4 Å². The Balaban J connectivity index is 1.60. The molecule has 0 radical (unpaired) electrons. The van der Waals surface area contributed by atoms with Crippen LogP contribution in [-0.2, 0) is 4.79 Å². The fourth-order valence-electron chi connectivity index (χ4n) is 1.93. The number of nitrogens with two attached hydrogens (primary N) is 1. The van der Waals surface area contributed by atoms with Gasteiger partial charge >= 0.3 is 0 Å². The van der Waals surface area contributed by atoms with Gasteiger partial charge in [-0.1, -0.05) is 23.4 Å². The van der Waals surface area contributed by atoms with Crippen LogP contribution in [0.1, 0.15) is 12.8 Å². The Hall–Kier alpha value is -1.73. The number of hydrogen-bond acceptors (Lipinski definition) is 5. The third kappa shape index (κ3) is 3.72. The van der Waals surface area contributed by atoms with Crippen LogP contribution < -0.4 is 11.2 Å². The molecule has 1 fully saturated rings. The Morgan fingerprint density at radius 1 is 1.36 bits per heavy atom. The fourth-order valence-corrected chi connectivity index (χ4v) is 2.74.